The van der Waals surface area contributed by atoms with Crippen molar-refractivity contribution in [2.75, 3.05) is 0 Å². The molecule has 0 saturated carbocycles. The molecule has 0 amide bonds. The monoisotopic (exact) mass is 266 g/mol. The third kappa shape index (κ3) is 12.5. The Bertz CT molecular complexity index is 180. The maximum absolute atomic E-state index is 2.99. The zero-order valence-corrected chi connectivity index (χ0v) is 10.7. The molecule has 0 fully saturated rings. The van der Waals surface area contributed by atoms with Crippen molar-refractivity contribution >= 4 is 11.3 Å². The first-order chi connectivity index (χ1) is 5.00. The molecule has 0 atom stereocenters. The first kappa shape index (κ1) is 19.1. The standard InChI is InChI=1S/C5H5.C4H3S.2ClH.Ti/c2*1-2-4-5-3-1;;;/h1-3H,4H2;1-3H;2*1H;/q2*-1;;;+4/p-2. The van der Waals surface area contributed by atoms with Crippen LogP contribution in [-0.4, -0.2) is 0 Å². The summed E-state index contributed by atoms with van der Waals surface area (Å²) >= 11 is 1.59. The van der Waals surface area contributed by atoms with Gasteiger partial charge in [-0.15, -0.1) is 11.8 Å². The molecular formula is C9H8Cl2STi. The smallest absolute Gasteiger partial charge is 1.00 e. The molecule has 2 rings (SSSR count). The van der Waals surface area contributed by atoms with Crippen LogP contribution in [0.1, 0.15) is 6.42 Å². The second-order valence-corrected chi connectivity index (χ2v) is 2.48. The fourth-order valence-electron chi connectivity index (χ4n) is 0.537. The second-order valence-electron chi connectivity index (χ2n) is 1.73. The quantitative estimate of drug-likeness (QED) is 0.344. The molecule has 13 heavy (non-hydrogen) atoms. The van der Waals surface area contributed by atoms with Gasteiger partial charge in [0.1, 0.15) is 0 Å². The van der Waals surface area contributed by atoms with Crippen molar-refractivity contribution in [3.63, 3.8) is 0 Å². The zero-order chi connectivity index (χ0) is 7.07. The van der Waals surface area contributed by atoms with E-state index in [2.05, 4.69) is 17.5 Å². The molecule has 1 aliphatic rings. The molecule has 0 aromatic carbocycles. The van der Waals surface area contributed by atoms with E-state index in [1.165, 1.54) is 0 Å². The van der Waals surface area contributed by atoms with Crippen molar-refractivity contribution in [3.05, 3.63) is 47.2 Å². The van der Waals surface area contributed by atoms with E-state index in [1.54, 1.807) is 11.3 Å². The van der Waals surface area contributed by atoms with Crippen molar-refractivity contribution in [3.8, 4) is 0 Å². The first-order valence-corrected chi connectivity index (χ1v) is 3.99. The number of allylic oxidation sites excluding steroid dienone is 4. The van der Waals surface area contributed by atoms with Gasteiger partial charge in [0.05, 0.1) is 0 Å². The van der Waals surface area contributed by atoms with E-state index in [0.29, 0.717) is 0 Å². The van der Waals surface area contributed by atoms with E-state index in [0.717, 1.165) is 6.42 Å². The Balaban J connectivity index is -0.000000125. The maximum Gasteiger partial charge on any atom is 4.00 e. The minimum Gasteiger partial charge on any atom is -1.00 e. The summed E-state index contributed by atoms with van der Waals surface area (Å²) in [7, 11) is 0. The van der Waals surface area contributed by atoms with Gasteiger partial charge in [-0.2, -0.15) is 17.5 Å². The zero-order valence-electron chi connectivity index (χ0n) is 6.84. The molecule has 68 valence electrons. The molecule has 0 bridgehead atoms. The minimum absolute atomic E-state index is 0. The van der Waals surface area contributed by atoms with E-state index in [1.807, 2.05) is 29.7 Å². The summed E-state index contributed by atoms with van der Waals surface area (Å²) in [6, 6.07) is 3.86. The van der Waals surface area contributed by atoms with E-state index in [-0.39, 0.29) is 46.5 Å². The van der Waals surface area contributed by atoms with Gasteiger partial charge in [0.25, 0.3) is 0 Å². The summed E-state index contributed by atoms with van der Waals surface area (Å²) < 4.78 is 0. The van der Waals surface area contributed by atoms with Crippen LogP contribution in [0.5, 0.6) is 0 Å². The summed E-state index contributed by atoms with van der Waals surface area (Å²) in [5, 5.41) is 4.89. The number of rotatable bonds is 0. The molecule has 0 spiro atoms. The Morgan fingerprint density at radius 2 is 2.00 bits per heavy atom. The van der Waals surface area contributed by atoms with Crippen LogP contribution in [0, 0.1) is 11.5 Å². The van der Waals surface area contributed by atoms with Crippen molar-refractivity contribution < 1.29 is 46.5 Å². The Morgan fingerprint density at radius 3 is 2.15 bits per heavy atom. The largest absolute Gasteiger partial charge is 4.00 e. The van der Waals surface area contributed by atoms with Crippen LogP contribution in [0.2, 0.25) is 0 Å². The van der Waals surface area contributed by atoms with Gasteiger partial charge in [0.15, 0.2) is 0 Å². The van der Waals surface area contributed by atoms with Gasteiger partial charge in [-0.1, -0.05) is 0 Å². The molecule has 1 aromatic rings. The van der Waals surface area contributed by atoms with Crippen LogP contribution in [0.4, 0.5) is 0 Å². The van der Waals surface area contributed by atoms with Crippen molar-refractivity contribution in [2.24, 2.45) is 0 Å². The average Bonchev–Trinajstić information content (AvgIpc) is 2.67. The molecule has 4 heteroatoms. The van der Waals surface area contributed by atoms with Gasteiger partial charge in [-0.25, -0.2) is 18.2 Å². The average molecular weight is 267 g/mol. The van der Waals surface area contributed by atoms with E-state index in [4.69, 9.17) is 0 Å². The topological polar surface area (TPSA) is 0 Å². The minimum atomic E-state index is 0. The van der Waals surface area contributed by atoms with Crippen LogP contribution in [0.3, 0.4) is 0 Å². The van der Waals surface area contributed by atoms with Gasteiger partial charge in [0, 0.05) is 0 Å². The summed E-state index contributed by atoms with van der Waals surface area (Å²) in [6.07, 6.45) is 10.0. The summed E-state index contributed by atoms with van der Waals surface area (Å²) in [6.45, 7) is 0. The van der Waals surface area contributed by atoms with Crippen molar-refractivity contribution in [1.82, 2.24) is 0 Å². The Morgan fingerprint density at radius 1 is 1.23 bits per heavy atom. The van der Waals surface area contributed by atoms with Crippen LogP contribution in [0.15, 0.2) is 35.7 Å². The van der Waals surface area contributed by atoms with Gasteiger partial charge in [-0.05, 0) is 0 Å². The van der Waals surface area contributed by atoms with E-state index in [9.17, 15) is 0 Å². The van der Waals surface area contributed by atoms with Crippen LogP contribution >= 0.6 is 11.3 Å². The summed E-state index contributed by atoms with van der Waals surface area (Å²) in [5.74, 6) is 0. The van der Waals surface area contributed by atoms with Crippen molar-refractivity contribution in [1.29, 1.82) is 0 Å². The molecule has 0 radical (unpaired) electrons. The van der Waals surface area contributed by atoms with Gasteiger partial charge >= 0.3 is 21.7 Å². The predicted molar refractivity (Wildman–Crippen MR) is 44.7 cm³/mol. The Hall–Kier alpha value is 0.474. The summed E-state index contributed by atoms with van der Waals surface area (Å²) in [5.41, 5.74) is 0. The molecule has 0 N–H and O–H groups in total. The fraction of sp³-hybridized carbons (Fsp3) is 0.111. The number of halogens is 2. The number of hydrogen-bond donors (Lipinski definition) is 0. The van der Waals surface area contributed by atoms with E-state index >= 15 is 0 Å². The SMILES string of the molecule is [C-]1=CC=CC1.[Cl-].[Cl-].[Ti+4].[c-]1cccs1. The van der Waals surface area contributed by atoms with Gasteiger partial charge in [0.2, 0.25) is 0 Å². The maximum atomic E-state index is 2.99. The second kappa shape index (κ2) is 15.0. The molecular weight excluding hydrogens is 259 g/mol. The molecule has 1 aromatic heterocycles. The predicted octanol–water partition coefficient (Wildman–Crippen LogP) is -3.14. The van der Waals surface area contributed by atoms with Gasteiger partial charge < -0.3 is 36.2 Å². The summed E-state index contributed by atoms with van der Waals surface area (Å²) in [4.78, 5) is 0. The number of hydrogen-bond acceptors (Lipinski definition) is 1. The Labute approximate surface area is 111 Å². The van der Waals surface area contributed by atoms with Crippen LogP contribution in [0.25, 0.3) is 0 Å². The third-order valence-corrected chi connectivity index (χ3v) is 1.53. The number of thiophene rings is 1. The van der Waals surface area contributed by atoms with Gasteiger partial charge in [-0.3, -0.25) is 6.08 Å². The molecule has 0 saturated heterocycles. The molecule has 1 heterocycles. The molecule has 0 unspecified atom stereocenters. The normalized spacial score (nSPS) is 9.85. The van der Waals surface area contributed by atoms with Crippen LogP contribution < -0.4 is 24.8 Å². The fourth-order valence-corrected chi connectivity index (χ4v) is 0.929. The van der Waals surface area contributed by atoms with Crippen LogP contribution in [-0.2, 0) is 21.7 Å². The third-order valence-electron chi connectivity index (χ3n) is 0.965. The molecule has 0 nitrogen and oxygen atoms in total. The Kier molecular flexibility index (Phi) is 22.0. The molecule has 1 aliphatic carbocycles. The first-order valence-electron chi connectivity index (χ1n) is 3.11. The van der Waals surface area contributed by atoms with E-state index < -0.39 is 0 Å². The molecule has 0 aliphatic heterocycles. The van der Waals surface area contributed by atoms with Crippen molar-refractivity contribution in [2.45, 2.75) is 6.42 Å².